The fourth-order valence-electron chi connectivity index (χ4n) is 2.08. The predicted octanol–water partition coefficient (Wildman–Crippen LogP) is 4.24. The van der Waals surface area contributed by atoms with E-state index in [4.69, 9.17) is 0 Å². The number of hydrogen-bond donors (Lipinski definition) is 2. The first-order valence-electron chi connectivity index (χ1n) is 7.61. The lowest BCUT2D eigenvalue weighted by Crippen LogP contribution is -2.07. The zero-order valence-corrected chi connectivity index (χ0v) is 13.1. The van der Waals surface area contributed by atoms with E-state index < -0.39 is 0 Å². The van der Waals surface area contributed by atoms with Crippen molar-refractivity contribution in [1.29, 1.82) is 0 Å². The molecule has 2 rings (SSSR count). The first-order valence-corrected chi connectivity index (χ1v) is 7.61. The summed E-state index contributed by atoms with van der Waals surface area (Å²) in [5.41, 5.74) is 2.33. The molecule has 4 heteroatoms. The lowest BCUT2D eigenvalue weighted by atomic mass is 10.1. The average molecular weight is 284 g/mol. The van der Waals surface area contributed by atoms with Crippen LogP contribution < -0.4 is 10.6 Å². The minimum atomic E-state index is 0.630. The Balaban J connectivity index is 2.03. The van der Waals surface area contributed by atoms with Crippen LogP contribution in [0.5, 0.6) is 0 Å². The van der Waals surface area contributed by atoms with E-state index in [0.717, 1.165) is 30.9 Å². The predicted molar refractivity (Wildman–Crippen MR) is 89.1 cm³/mol. The molecule has 1 aromatic carbocycles. The van der Waals surface area contributed by atoms with Gasteiger partial charge in [-0.3, -0.25) is 0 Å². The Hall–Kier alpha value is -2.10. The van der Waals surface area contributed by atoms with E-state index >= 15 is 0 Å². The molecule has 1 heterocycles. The number of nitrogens with one attached hydrogen (secondary N) is 2. The second-order valence-electron chi connectivity index (χ2n) is 5.51. The van der Waals surface area contributed by atoms with E-state index in [1.54, 1.807) is 6.20 Å². The molecular weight excluding hydrogens is 260 g/mol. The first-order chi connectivity index (χ1) is 10.2. The van der Waals surface area contributed by atoms with Gasteiger partial charge in [0.1, 0.15) is 5.82 Å². The molecule has 0 bridgehead atoms. The number of aryl methyl sites for hydroxylation is 1. The molecule has 2 N–H and O–H groups in total. The van der Waals surface area contributed by atoms with Crippen molar-refractivity contribution >= 4 is 17.5 Å². The van der Waals surface area contributed by atoms with Gasteiger partial charge in [0.15, 0.2) is 0 Å². The molecule has 0 aliphatic rings. The summed E-state index contributed by atoms with van der Waals surface area (Å²) in [6.45, 7) is 7.51. The summed E-state index contributed by atoms with van der Waals surface area (Å²) in [7, 11) is 0. The van der Waals surface area contributed by atoms with Crippen LogP contribution in [0.15, 0.2) is 36.5 Å². The highest BCUT2D eigenvalue weighted by Gasteiger charge is 2.03. The lowest BCUT2D eigenvalue weighted by Gasteiger charge is -2.11. The monoisotopic (exact) mass is 284 g/mol. The molecule has 0 saturated heterocycles. The molecule has 0 fully saturated rings. The summed E-state index contributed by atoms with van der Waals surface area (Å²) >= 11 is 0. The minimum Gasteiger partial charge on any atom is -0.370 e. The van der Waals surface area contributed by atoms with Crippen LogP contribution in [0.4, 0.5) is 17.5 Å². The normalized spacial score (nSPS) is 10.7. The summed E-state index contributed by atoms with van der Waals surface area (Å²) in [5.74, 6) is 2.18. The van der Waals surface area contributed by atoms with Crippen LogP contribution in [0.3, 0.4) is 0 Å². The van der Waals surface area contributed by atoms with Crippen molar-refractivity contribution in [3.05, 3.63) is 42.1 Å². The van der Waals surface area contributed by atoms with E-state index in [-0.39, 0.29) is 0 Å². The number of aromatic nitrogens is 2. The van der Waals surface area contributed by atoms with Gasteiger partial charge in [-0.15, -0.1) is 0 Å². The van der Waals surface area contributed by atoms with Gasteiger partial charge >= 0.3 is 0 Å². The molecular formula is C17H24N4. The van der Waals surface area contributed by atoms with E-state index in [1.165, 1.54) is 5.56 Å². The summed E-state index contributed by atoms with van der Waals surface area (Å²) < 4.78 is 0. The van der Waals surface area contributed by atoms with Crippen molar-refractivity contribution in [2.45, 2.75) is 33.6 Å². The Morgan fingerprint density at radius 3 is 2.71 bits per heavy atom. The maximum Gasteiger partial charge on any atom is 0.229 e. The number of benzene rings is 1. The smallest absolute Gasteiger partial charge is 0.229 e. The quantitative estimate of drug-likeness (QED) is 0.798. The van der Waals surface area contributed by atoms with Gasteiger partial charge in [0.2, 0.25) is 5.95 Å². The van der Waals surface area contributed by atoms with E-state index in [1.807, 2.05) is 12.1 Å². The molecule has 0 saturated carbocycles. The lowest BCUT2D eigenvalue weighted by molar-refractivity contribution is 0.606. The number of hydrogen-bond acceptors (Lipinski definition) is 4. The van der Waals surface area contributed by atoms with Gasteiger partial charge in [0.25, 0.3) is 0 Å². The second-order valence-corrected chi connectivity index (χ2v) is 5.51. The van der Waals surface area contributed by atoms with Crippen molar-refractivity contribution < 1.29 is 0 Å². The molecule has 4 nitrogen and oxygen atoms in total. The van der Waals surface area contributed by atoms with Crippen LogP contribution in [0.25, 0.3) is 0 Å². The van der Waals surface area contributed by atoms with Gasteiger partial charge in [-0.05, 0) is 36.5 Å². The fraction of sp³-hybridized carbons (Fsp3) is 0.412. The summed E-state index contributed by atoms with van der Waals surface area (Å²) in [4.78, 5) is 8.80. The highest BCUT2D eigenvalue weighted by Crippen LogP contribution is 2.19. The molecule has 1 aromatic heterocycles. The SMILES string of the molecule is CCc1ccccc1Nc1nccc(NCCC(C)C)n1. The molecule has 0 aliphatic carbocycles. The maximum atomic E-state index is 4.51. The largest absolute Gasteiger partial charge is 0.370 e. The Morgan fingerprint density at radius 1 is 1.14 bits per heavy atom. The van der Waals surface area contributed by atoms with Gasteiger partial charge in [0.05, 0.1) is 0 Å². The molecule has 2 aromatic rings. The van der Waals surface area contributed by atoms with Crippen LogP contribution in [0.1, 0.15) is 32.8 Å². The Morgan fingerprint density at radius 2 is 1.95 bits per heavy atom. The van der Waals surface area contributed by atoms with Gasteiger partial charge in [-0.25, -0.2) is 4.98 Å². The maximum absolute atomic E-state index is 4.51. The number of para-hydroxylation sites is 1. The molecule has 0 unspecified atom stereocenters. The molecule has 0 aliphatic heterocycles. The van der Waals surface area contributed by atoms with Crippen molar-refractivity contribution in [2.75, 3.05) is 17.2 Å². The summed E-state index contributed by atoms with van der Waals surface area (Å²) in [6.07, 6.45) is 3.89. The highest BCUT2D eigenvalue weighted by atomic mass is 15.1. The van der Waals surface area contributed by atoms with Crippen LogP contribution in [-0.4, -0.2) is 16.5 Å². The average Bonchev–Trinajstić information content (AvgIpc) is 2.48. The standard InChI is InChI=1S/C17H24N4/c1-4-14-7-5-6-8-15(14)20-17-19-12-10-16(21-17)18-11-9-13(2)3/h5-8,10,12-13H,4,9,11H2,1-3H3,(H2,18,19,20,21). The molecule has 0 radical (unpaired) electrons. The van der Waals surface area contributed by atoms with Crippen LogP contribution >= 0.6 is 0 Å². The summed E-state index contributed by atoms with van der Waals surface area (Å²) in [5, 5.41) is 6.64. The third-order valence-electron chi connectivity index (χ3n) is 3.33. The van der Waals surface area contributed by atoms with Gasteiger partial charge in [-0.1, -0.05) is 39.0 Å². The van der Waals surface area contributed by atoms with Gasteiger partial charge in [-0.2, -0.15) is 4.98 Å². The van der Waals surface area contributed by atoms with E-state index in [0.29, 0.717) is 11.9 Å². The Kier molecular flexibility index (Phi) is 5.55. The molecule has 0 atom stereocenters. The zero-order valence-electron chi connectivity index (χ0n) is 13.1. The second kappa shape index (κ2) is 7.62. The molecule has 112 valence electrons. The topological polar surface area (TPSA) is 49.8 Å². The van der Waals surface area contributed by atoms with Crippen LogP contribution in [-0.2, 0) is 6.42 Å². The van der Waals surface area contributed by atoms with Crippen LogP contribution in [0, 0.1) is 5.92 Å². The first kappa shape index (κ1) is 15.3. The van der Waals surface area contributed by atoms with Crippen LogP contribution in [0.2, 0.25) is 0 Å². The number of anilines is 3. The van der Waals surface area contributed by atoms with Crippen molar-refractivity contribution in [2.24, 2.45) is 5.92 Å². The van der Waals surface area contributed by atoms with E-state index in [2.05, 4.69) is 59.6 Å². The Labute approximate surface area is 127 Å². The van der Waals surface area contributed by atoms with Crippen molar-refractivity contribution in [3.63, 3.8) is 0 Å². The Bertz CT molecular complexity index is 566. The molecule has 21 heavy (non-hydrogen) atoms. The third-order valence-corrected chi connectivity index (χ3v) is 3.33. The third kappa shape index (κ3) is 4.74. The zero-order chi connectivity index (χ0) is 15.1. The van der Waals surface area contributed by atoms with Crippen molar-refractivity contribution in [1.82, 2.24) is 9.97 Å². The number of rotatable bonds is 7. The van der Waals surface area contributed by atoms with Crippen molar-refractivity contribution in [3.8, 4) is 0 Å². The highest BCUT2D eigenvalue weighted by molar-refractivity contribution is 5.59. The minimum absolute atomic E-state index is 0.630. The summed E-state index contributed by atoms with van der Waals surface area (Å²) in [6, 6.07) is 10.1. The molecule has 0 amide bonds. The van der Waals surface area contributed by atoms with E-state index in [9.17, 15) is 0 Å². The number of nitrogens with zero attached hydrogens (tertiary/aromatic N) is 2. The van der Waals surface area contributed by atoms with Gasteiger partial charge < -0.3 is 10.6 Å². The van der Waals surface area contributed by atoms with Gasteiger partial charge in [0, 0.05) is 18.4 Å². The fourth-order valence-corrected chi connectivity index (χ4v) is 2.08. The molecule has 0 spiro atoms.